The van der Waals surface area contributed by atoms with E-state index in [-0.39, 0.29) is 11.7 Å². The molecule has 0 amide bonds. The summed E-state index contributed by atoms with van der Waals surface area (Å²) in [5.41, 5.74) is 2.99. The predicted molar refractivity (Wildman–Crippen MR) is 123 cm³/mol. The van der Waals surface area contributed by atoms with Crippen LogP contribution in [-0.2, 0) is 11.2 Å². The third kappa shape index (κ3) is 2.94. The van der Waals surface area contributed by atoms with Gasteiger partial charge in [-0.15, -0.1) is 0 Å². The van der Waals surface area contributed by atoms with Crippen molar-refractivity contribution >= 4 is 16.6 Å². The Morgan fingerprint density at radius 3 is 2.53 bits per heavy atom. The van der Waals surface area contributed by atoms with E-state index < -0.39 is 5.79 Å². The van der Waals surface area contributed by atoms with Crippen molar-refractivity contribution in [2.45, 2.75) is 31.5 Å². The van der Waals surface area contributed by atoms with Crippen LogP contribution in [0.2, 0.25) is 0 Å². The van der Waals surface area contributed by atoms with E-state index in [0.717, 1.165) is 64.9 Å². The van der Waals surface area contributed by atoms with E-state index in [0.29, 0.717) is 0 Å². The van der Waals surface area contributed by atoms with Crippen LogP contribution < -0.4 is 14.2 Å². The molecule has 4 heteroatoms. The summed E-state index contributed by atoms with van der Waals surface area (Å²) in [5, 5.41) is 2.07. The summed E-state index contributed by atoms with van der Waals surface area (Å²) in [4.78, 5) is 13.1. The Kier molecular flexibility index (Phi) is 4.35. The molecule has 0 radical (unpaired) electrons. The van der Waals surface area contributed by atoms with Crippen LogP contribution >= 0.6 is 0 Å². The highest BCUT2D eigenvalue weighted by atomic mass is 16.7. The molecule has 0 bridgehead atoms. The van der Waals surface area contributed by atoms with Gasteiger partial charge in [-0.3, -0.25) is 4.79 Å². The molecular formula is C28H24O4. The van der Waals surface area contributed by atoms with Crippen molar-refractivity contribution < 1.29 is 19.0 Å². The van der Waals surface area contributed by atoms with Gasteiger partial charge in [0, 0.05) is 17.2 Å². The van der Waals surface area contributed by atoms with E-state index in [4.69, 9.17) is 14.2 Å². The molecule has 32 heavy (non-hydrogen) atoms. The highest BCUT2D eigenvalue weighted by molar-refractivity contribution is 6.07. The van der Waals surface area contributed by atoms with E-state index in [1.54, 1.807) is 19.3 Å². The molecule has 6 rings (SSSR count). The normalized spacial score (nSPS) is 20.7. The quantitative estimate of drug-likeness (QED) is 0.534. The lowest BCUT2D eigenvalue weighted by molar-refractivity contribution is -0.114. The van der Waals surface area contributed by atoms with Crippen molar-refractivity contribution in [1.29, 1.82) is 0 Å². The molecule has 0 aromatic heterocycles. The molecule has 1 atom stereocenters. The van der Waals surface area contributed by atoms with Gasteiger partial charge >= 0.3 is 0 Å². The van der Waals surface area contributed by atoms with Crippen molar-refractivity contribution in [3.8, 4) is 17.2 Å². The van der Waals surface area contributed by atoms with E-state index in [9.17, 15) is 4.79 Å². The summed E-state index contributed by atoms with van der Waals surface area (Å²) in [7, 11) is 1.68. The van der Waals surface area contributed by atoms with Gasteiger partial charge in [-0.1, -0.05) is 36.4 Å². The zero-order chi connectivity index (χ0) is 21.7. The van der Waals surface area contributed by atoms with Gasteiger partial charge in [0.15, 0.2) is 5.78 Å². The fourth-order valence-electron chi connectivity index (χ4n) is 5.41. The Bertz CT molecular complexity index is 1260. The standard InChI is InChI=1S/C28H24O4/c1-30-21-10-2-6-18(17-21)16-20-9-3-11-22-26(20)23(29)14-15-28(22)31-24-12-4-7-19-8-5-13-25(32-28)27(19)24/h2,4-8,10,12-15,17,20H,3,9,11,16H2,1H3. The van der Waals surface area contributed by atoms with Gasteiger partial charge in [0.25, 0.3) is 5.79 Å². The summed E-state index contributed by atoms with van der Waals surface area (Å²) in [6, 6.07) is 20.2. The fraction of sp³-hybridized carbons (Fsp3) is 0.250. The predicted octanol–water partition coefficient (Wildman–Crippen LogP) is 5.79. The molecule has 0 saturated heterocycles. The van der Waals surface area contributed by atoms with Crippen LogP contribution in [0.25, 0.3) is 10.8 Å². The molecule has 3 aliphatic rings. The molecule has 0 saturated carbocycles. The molecule has 1 spiro atoms. The van der Waals surface area contributed by atoms with Crippen LogP contribution in [0.3, 0.4) is 0 Å². The van der Waals surface area contributed by atoms with Crippen LogP contribution in [-0.4, -0.2) is 18.7 Å². The third-order valence-electron chi connectivity index (χ3n) is 6.82. The highest BCUT2D eigenvalue weighted by Crippen LogP contribution is 2.49. The number of carbonyl (C=O) groups is 1. The van der Waals surface area contributed by atoms with Gasteiger partial charge in [-0.25, -0.2) is 0 Å². The fourth-order valence-corrected chi connectivity index (χ4v) is 5.41. The van der Waals surface area contributed by atoms with Crippen molar-refractivity contribution in [3.63, 3.8) is 0 Å². The first-order chi connectivity index (χ1) is 15.7. The van der Waals surface area contributed by atoms with Crippen LogP contribution in [0, 0.1) is 5.92 Å². The second kappa shape index (κ2) is 7.27. The first-order valence-corrected chi connectivity index (χ1v) is 11.2. The molecular weight excluding hydrogens is 400 g/mol. The molecule has 1 heterocycles. The maximum atomic E-state index is 13.1. The number of carbonyl (C=O) groups excluding carboxylic acids is 1. The minimum Gasteiger partial charge on any atom is -0.497 e. The summed E-state index contributed by atoms with van der Waals surface area (Å²) in [6.45, 7) is 0. The molecule has 160 valence electrons. The third-order valence-corrected chi connectivity index (χ3v) is 6.82. The highest BCUT2D eigenvalue weighted by Gasteiger charge is 2.47. The molecule has 3 aromatic rings. The molecule has 0 N–H and O–H groups in total. The summed E-state index contributed by atoms with van der Waals surface area (Å²) in [5.74, 6) is 1.57. The number of methoxy groups -OCH3 is 1. The molecule has 1 aliphatic heterocycles. The number of ether oxygens (including phenoxy) is 3. The Labute approximate surface area is 187 Å². The molecule has 0 fully saturated rings. The lowest BCUT2D eigenvalue weighted by Crippen LogP contribution is -2.48. The Balaban J connectivity index is 1.43. The van der Waals surface area contributed by atoms with Crippen LogP contribution in [0.5, 0.6) is 17.2 Å². The second-order valence-corrected chi connectivity index (χ2v) is 8.72. The van der Waals surface area contributed by atoms with Crippen molar-refractivity contribution in [1.82, 2.24) is 0 Å². The lowest BCUT2D eigenvalue weighted by Gasteiger charge is -2.43. The minimum atomic E-state index is -1.06. The monoisotopic (exact) mass is 424 g/mol. The summed E-state index contributed by atoms with van der Waals surface area (Å²) < 4.78 is 18.5. The molecule has 4 nitrogen and oxygen atoms in total. The molecule has 3 aromatic carbocycles. The van der Waals surface area contributed by atoms with E-state index in [1.807, 2.05) is 36.4 Å². The number of rotatable bonds is 3. The zero-order valence-electron chi connectivity index (χ0n) is 18.0. The largest absolute Gasteiger partial charge is 0.497 e. The smallest absolute Gasteiger partial charge is 0.295 e. The number of hydrogen-bond donors (Lipinski definition) is 0. The average Bonchev–Trinajstić information content (AvgIpc) is 2.82. The minimum absolute atomic E-state index is 0.0717. The average molecular weight is 424 g/mol. The van der Waals surface area contributed by atoms with E-state index >= 15 is 0 Å². The summed E-state index contributed by atoms with van der Waals surface area (Å²) in [6.07, 6.45) is 6.98. The molecule has 2 aliphatic carbocycles. The summed E-state index contributed by atoms with van der Waals surface area (Å²) >= 11 is 0. The Morgan fingerprint density at radius 2 is 1.78 bits per heavy atom. The first-order valence-electron chi connectivity index (χ1n) is 11.2. The van der Waals surface area contributed by atoms with Crippen molar-refractivity contribution in [2.75, 3.05) is 7.11 Å². The maximum absolute atomic E-state index is 13.1. The zero-order valence-corrected chi connectivity index (χ0v) is 18.0. The Morgan fingerprint density at radius 1 is 1.03 bits per heavy atom. The van der Waals surface area contributed by atoms with Gasteiger partial charge < -0.3 is 14.2 Å². The van der Waals surface area contributed by atoms with Crippen LogP contribution in [0.4, 0.5) is 0 Å². The number of allylic oxidation sites excluding steroid dienone is 2. The van der Waals surface area contributed by atoms with Crippen LogP contribution in [0.15, 0.2) is 84.0 Å². The van der Waals surface area contributed by atoms with Crippen LogP contribution in [0.1, 0.15) is 24.8 Å². The number of hydrogen-bond acceptors (Lipinski definition) is 4. The topological polar surface area (TPSA) is 44.8 Å². The van der Waals surface area contributed by atoms with Gasteiger partial charge in [-0.2, -0.15) is 0 Å². The maximum Gasteiger partial charge on any atom is 0.295 e. The number of fused-ring (bicyclic) bond motifs is 1. The SMILES string of the molecule is COc1cccc(CC2CCCC3=C2C(=O)C=CC32Oc3cccc4cccc(c34)O2)c1. The first kappa shape index (κ1) is 19.2. The van der Waals surface area contributed by atoms with E-state index in [2.05, 4.69) is 24.3 Å². The number of ketones is 1. The van der Waals surface area contributed by atoms with E-state index in [1.165, 1.54) is 5.56 Å². The lowest BCUT2D eigenvalue weighted by atomic mass is 9.73. The van der Waals surface area contributed by atoms with Gasteiger partial charge in [-0.05, 0) is 72.9 Å². The second-order valence-electron chi connectivity index (χ2n) is 8.72. The van der Waals surface area contributed by atoms with Crippen molar-refractivity contribution in [2.24, 2.45) is 5.92 Å². The van der Waals surface area contributed by atoms with Gasteiger partial charge in [0.2, 0.25) is 0 Å². The van der Waals surface area contributed by atoms with Crippen molar-refractivity contribution in [3.05, 3.63) is 89.5 Å². The molecule has 1 unspecified atom stereocenters. The number of benzene rings is 3. The van der Waals surface area contributed by atoms with Gasteiger partial charge in [0.1, 0.15) is 17.2 Å². The Hall–Kier alpha value is -3.53. The van der Waals surface area contributed by atoms with Gasteiger partial charge in [0.05, 0.1) is 12.5 Å².